The van der Waals surface area contributed by atoms with Crippen molar-refractivity contribution in [2.75, 3.05) is 6.61 Å². The highest BCUT2D eigenvalue weighted by atomic mass is 16.5. The first-order chi connectivity index (χ1) is 8.27. The van der Waals surface area contributed by atoms with E-state index in [1.807, 2.05) is 31.2 Å². The molecule has 88 valence electrons. The molecule has 0 saturated heterocycles. The fraction of sp³-hybridized carbons (Fsp3) is 0.214. The van der Waals surface area contributed by atoms with Crippen LogP contribution in [0.15, 0.2) is 48.8 Å². The second kappa shape index (κ2) is 5.46. The van der Waals surface area contributed by atoms with Crippen LogP contribution in [0.2, 0.25) is 0 Å². The lowest BCUT2D eigenvalue weighted by Gasteiger charge is -2.13. The molecule has 0 saturated carbocycles. The van der Waals surface area contributed by atoms with Crippen LogP contribution in [-0.4, -0.2) is 16.7 Å². The van der Waals surface area contributed by atoms with E-state index in [4.69, 9.17) is 4.74 Å². The van der Waals surface area contributed by atoms with Crippen LogP contribution in [0.1, 0.15) is 17.2 Å². The highest BCUT2D eigenvalue weighted by molar-refractivity contribution is 5.31. The lowest BCUT2D eigenvalue weighted by Crippen LogP contribution is -2.10. The van der Waals surface area contributed by atoms with Crippen LogP contribution in [0.4, 0.5) is 0 Å². The van der Waals surface area contributed by atoms with Gasteiger partial charge in [-0.05, 0) is 36.2 Å². The Labute approximate surface area is 101 Å². The number of aliphatic hydroxyl groups is 1. The summed E-state index contributed by atoms with van der Waals surface area (Å²) in [6, 6.07) is 11.3. The summed E-state index contributed by atoms with van der Waals surface area (Å²) >= 11 is 0. The van der Waals surface area contributed by atoms with E-state index in [-0.39, 0.29) is 6.61 Å². The molecule has 1 N–H and O–H groups in total. The van der Waals surface area contributed by atoms with Crippen LogP contribution in [0, 0.1) is 6.92 Å². The molecule has 0 aliphatic carbocycles. The molecule has 1 aromatic heterocycles. The largest absolute Gasteiger partial charge is 0.490 e. The Kier molecular flexibility index (Phi) is 3.73. The van der Waals surface area contributed by atoms with E-state index in [0.29, 0.717) is 0 Å². The first-order valence-electron chi connectivity index (χ1n) is 5.54. The molecular formula is C14H15NO2. The zero-order chi connectivity index (χ0) is 12.1. The van der Waals surface area contributed by atoms with Crippen molar-refractivity contribution < 1.29 is 9.84 Å². The summed E-state index contributed by atoms with van der Waals surface area (Å²) in [6.07, 6.45) is 2.69. The van der Waals surface area contributed by atoms with Crippen molar-refractivity contribution in [2.24, 2.45) is 0 Å². The molecule has 17 heavy (non-hydrogen) atoms. The maximum absolute atomic E-state index is 9.92. The molecule has 0 aliphatic rings. The molecule has 1 unspecified atom stereocenters. The molecule has 1 atom stereocenters. The highest BCUT2D eigenvalue weighted by Gasteiger charge is 2.08. The second-order valence-electron chi connectivity index (χ2n) is 3.87. The van der Waals surface area contributed by atoms with Crippen molar-refractivity contribution in [3.63, 3.8) is 0 Å². The van der Waals surface area contributed by atoms with Gasteiger partial charge in [0, 0.05) is 12.4 Å². The zero-order valence-electron chi connectivity index (χ0n) is 9.71. The van der Waals surface area contributed by atoms with Gasteiger partial charge in [-0.15, -0.1) is 0 Å². The minimum Gasteiger partial charge on any atom is -0.490 e. The SMILES string of the molecule is Cc1ccccc1OCC(O)c1ccncc1. The molecule has 2 rings (SSSR count). The fourth-order valence-electron chi connectivity index (χ4n) is 1.57. The maximum Gasteiger partial charge on any atom is 0.122 e. The van der Waals surface area contributed by atoms with Gasteiger partial charge >= 0.3 is 0 Å². The summed E-state index contributed by atoms with van der Waals surface area (Å²) in [5, 5.41) is 9.92. The molecule has 0 spiro atoms. The van der Waals surface area contributed by atoms with E-state index in [0.717, 1.165) is 16.9 Å². The topological polar surface area (TPSA) is 42.4 Å². The Hall–Kier alpha value is -1.87. The van der Waals surface area contributed by atoms with E-state index in [1.54, 1.807) is 24.5 Å². The summed E-state index contributed by atoms with van der Waals surface area (Å²) < 4.78 is 5.58. The van der Waals surface area contributed by atoms with Gasteiger partial charge in [0.15, 0.2) is 0 Å². The summed E-state index contributed by atoms with van der Waals surface area (Å²) in [5.41, 5.74) is 1.88. The second-order valence-corrected chi connectivity index (χ2v) is 3.87. The van der Waals surface area contributed by atoms with Gasteiger partial charge in [0.1, 0.15) is 18.5 Å². The van der Waals surface area contributed by atoms with Gasteiger partial charge in [-0.3, -0.25) is 4.98 Å². The summed E-state index contributed by atoms with van der Waals surface area (Å²) in [5.74, 6) is 0.806. The number of nitrogens with zero attached hydrogens (tertiary/aromatic N) is 1. The predicted molar refractivity (Wildman–Crippen MR) is 65.9 cm³/mol. The molecule has 1 aromatic carbocycles. The van der Waals surface area contributed by atoms with Gasteiger partial charge in [0.05, 0.1) is 0 Å². The Morgan fingerprint density at radius 1 is 1.18 bits per heavy atom. The molecule has 0 fully saturated rings. The molecule has 3 heteroatoms. The monoisotopic (exact) mass is 229 g/mol. The molecular weight excluding hydrogens is 214 g/mol. The van der Waals surface area contributed by atoms with Crippen molar-refractivity contribution in [2.45, 2.75) is 13.0 Å². The van der Waals surface area contributed by atoms with Crippen LogP contribution < -0.4 is 4.74 Å². The number of ether oxygens (including phenoxy) is 1. The van der Waals surface area contributed by atoms with Gasteiger partial charge < -0.3 is 9.84 Å². The lowest BCUT2D eigenvalue weighted by molar-refractivity contribution is 0.108. The van der Waals surface area contributed by atoms with Crippen LogP contribution >= 0.6 is 0 Å². The minimum absolute atomic E-state index is 0.245. The third-order valence-corrected chi connectivity index (χ3v) is 2.58. The Morgan fingerprint density at radius 2 is 1.88 bits per heavy atom. The number of para-hydroxylation sites is 1. The zero-order valence-corrected chi connectivity index (χ0v) is 9.71. The van der Waals surface area contributed by atoms with Crippen molar-refractivity contribution in [1.82, 2.24) is 4.98 Å². The van der Waals surface area contributed by atoms with Crippen molar-refractivity contribution >= 4 is 0 Å². The van der Waals surface area contributed by atoms with Crippen LogP contribution in [-0.2, 0) is 0 Å². The van der Waals surface area contributed by atoms with Gasteiger partial charge in [-0.1, -0.05) is 18.2 Å². The maximum atomic E-state index is 9.92. The lowest BCUT2D eigenvalue weighted by atomic mass is 10.1. The van der Waals surface area contributed by atoms with Gasteiger partial charge in [0.25, 0.3) is 0 Å². The number of aromatic nitrogens is 1. The van der Waals surface area contributed by atoms with Gasteiger partial charge in [-0.25, -0.2) is 0 Å². The van der Waals surface area contributed by atoms with E-state index in [2.05, 4.69) is 4.98 Å². The normalized spacial score (nSPS) is 12.1. The third kappa shape index (κ3) is 3.04. The average Bonchev–Trinajstić information content (AvgIpc) is 2.38. The summed E-state index contributed by atoms with van der Waals surface area (Å²) in [4.78, 5) is 3.91. The van der Waals surface area contributed by atoms with E-state index < -0.39 is 6.10 Å². The van der Waals surface area contributed by atoms with Crippen molar-refractivity contribution in [1.29, 1.82) is 0 Å². The number of aryl methyl sites for hydroxylation is 1. The number of benzene rings is 1. The molecule has 0 amide bonds. The van der Waals surface area contributed by atoms with E-state index in [9.17, 15) is 5.11 Å². The molecule has 1 heterocycles. The quantitative estimate of drug-likeness (QED) is 0.875. The molecule has 2 aromatic rings. The van der Waals surface area contributed by atoms with Crippen LogP contribution in [0.5, 0.6) is 5.75 Å². The molecule has 0 aliphatic heterocycles. The summed E-state index contributed by atoms with van der Waals surface area (Å²) in [6.45, 7) is 2.23. The molecule has 3 nitrogen and oxygen atoms in total. The first-order valence-corrected chi connectivity index (χ1v) is 5.54. The third-order valence-electron chi connectivity index (χ3n) is 2.58. The van der Waals surface area contributed by atoms with E-state index in [1.165, 1.54) is 0 Å². The standard InChI is InChI=1S/C14H15NO2/c1-11-4-2-3-5-14(11)17-10-13(16)12-6-8-15-9-7-12/h2-9,13,16H,10H2,1H3. The smallest absolute Gasteiger partial charge is 0.122 e. The Morgan fingerprint density at radius 3 is 2.59 bits per heavy atom. The number of aliphatic hydroxyl groups excluding tert-OH is 1. The number of hydrogen-bond donors (Lipinski definition) is 1. The highest BCUT2D eigenvalue weighted by Crippen LogP contribution is 2.19. The van der Waals surface area contributed by atoms with Crippen molar-refractivity contribution in [3.8, 4) is 5.75 Å². The number of pyridine rings is 1. The Bertz CT molecular complexity index is 471. The summed E-state index contributed by atoms with van der Waals surface area (Å²) in [7, 11) is 0. The predicted octanol–water partition coefficient (Wildman–Crippen LogP) is 2.50. The minimum atomic E-state index is -0.627. The average molecular weight is 229 g/mol. The van der Waals surface area contributed by atoms with Crippen molar-refractivity contribution in [3.05, 3.63) is 59.9 Å². The number of hydrogen-bond acceptors (Lipinski definition) is 3. The molecule has 0 bridgehead atoms. The first kappa shape index (κ1) is 11.6. The fourth-order valence-corrected chi connectivity index (χ4v) is 1.57. The Balaban J connectivity index is 1.97. The van der Waals surface area contributed by atoms with Crippen LogP contribution in [0.25, 0.3) is 0 Å². The molecule has 0 radical (unpaired) electrons. The van der Waals surface area contributed by atoms with Crippen LogP contribution in [0.3, 0.4) is 0 Å². The van der Waals surface area contributed by atoms with Gasteiger partial charge in [-0.2, -0.15) is 0 Å². The van der Waals surface area contributed by atoms with E-state index >= 15 is 0 Å². The number of rotatable bonds is 4. The van der Waals surface area contributed by atoms with Gasteiger partial charge in [0.2, 0.25) is 0 Å².